The van der Waals surface area contributed by atoms with E-state index in [9.17, 15) is 14.0 Å². The molecular formula is C19H17FN2O3. The van der Waals surface area contributed by atoms with Gasteiger partial charge in [0.25, 0.3) is 5.91 Å². The van der Waals surface area contributed by atoms with Crippen molar-refractivity contribution in [2.75, 3.05) is 17.2 Å². The van der Waals surface area contributed by atoms with Crippen LogP contribution in [0.1, 0.15) is 24.8 Å². The highest BCUT2D eigenvalue weighted by Gasteiger charge is 2.45. The average molecular weight is 340 g/mol. The molecule has 1 heterocycles. The number of hydrogen-bond donors (Lipinski definition) is 2. The Morgan fingerprint density at radius 1 is 1.16 bits per heavy atom. The standard InChI is InChI=1S/C19H17FN2O3/c20-13-4-2-12(3-5-13)19(8-1-9-19)18(24)21-14-6-7-16-15(10-14)22-17(23)11-25-16/h2-7,10H,1,8-9,11H2,(H,21,24)(H,22,23). The first kappa shape index (κ1) is 15.6. The van der Waals surface area contributed by atoms with Crippen molar-refractivity contribution in [1.29, 1.82) is 0 Å². The quantitative estimate of drug-likeness (QED) is 0.901. The predicted octanol–water partition coefficient (Wildman–Crippen LogP) is 3.22. The van der Waals surface area contributed by atoms with Crippen LogP contribution in [-0.2, 0) is 15.0 Å². The molecule has 1 aliphatic heterocycles. The molecule has 0 bridgehead atoms. The first-order valence-corrected chi connectivity index (χ1v) is 8.21. The number of amides is 2. The summed E-state index contributed by atoms with van der Waals surface area (Å²) in [5.41, 5.74) is 1.33. The van der Waals surface area contributed by atoms with Crippen molar-refractivity contribution in [2.24, 2.45) is 0 Å². The molecule has 0 aromatic heterocycles. The molecule has 2 amide bonds. The molecule has 2 aliphatic rings. The van der Waals surface area contributed by atoms with Crippen molar-refractivity contribution in [3.63, 3.8) is 0 Å². The molecule has 0 unspecified atom stereocenters. The second-order valence-corrected chi connectivity index (χ2v) is 6.44. The molecule has 2 aromatic rings. The number of carbonyl (C=O) groups is 2. The van der Waals surface area contributed by atoms with Gasteiger partial charge in [-0.05, 0) is 48.7 Å². The van der Waals surface area contributed by atoms with Gasteiger partial charge in [0, 0.05) is 5.69 Å². The van der Waals surface area contributed by atoms with Crippen LogP contribution in [0.3, 0.4) is 0 Å². The lowest BCUT2D eigenvalue weighted by atomic mass is 9.64. The Kier molecular flexibility index (Phi) is 3.67. The maximum absolute atomic E-state index is 13.2. The number of nitrogens with one attached hydrogen (secondary N) is 2. The maximum atomic E-state index is 13.2. The van der Waals surface area contributed by atoms with Crippen LogP contribution >= 0.6 is 0 Å². The van der Waals surface area contributed by atoms with Gasteiger partial charge >= 0.3 is 0 Å². The Morgan fingerprint density at radius 2 is 1.92 bits per heavy atom. The maximum Gasteiger partial charge on any atom is 0.262 e. The van der Waals surface area contributed by atoms with E-state index in [1.54, 1.807) is 30.3 Å². The summed E-state index contributed by atoms with van der Waals surface area (Å²) in [5, 5.41) is 5.64. The van der Waals surface area contributed by atoms with Crippen molar-refractivity contribution < 1.29 is 18.7 Å². The Bertz CT molecular complexity index is 844. The van der Waals surface area contributed by atoms with Crippen molar-refractivity contribution in [3.05, 3.63) is 53.8 Å². The minimum Gasteiger partial charge on any atom is -0.482 e. The Morgan fingerprint density at radius 3 is 2.60 bits per heavy atom. The molecule has 2 N–H and O–H groups in total. The largest absolute Gasteiger partial charge is 0.482 e. The van der Waals surface area contributed by atoms with Gasteiger partial charge in [-0.2, -0.15) is 0 Å². The minimum atomic E-state index is -0.622. The van der Waals surface area contributed by atoms with Crippen molar-refractivity contribution in [2.45, 2.75) is 24.7 Å². The predicted molar refractivity (Wildman–Crippen MR) is 91.1 cm³/mol. The fourth-order valence-corrected chi connectivity index (χ4v) is 3.36. The van der Waals surface area contributed by atoms with E-state index >= 15 is 0 Å². The molecule has 1 saturated carbocycles. The molecule has 1 fully saturated rings. The highest BCUT2D eigenvalue weighted by atomic mass is 19.1. The van der Waals surface area contributed by atoms with Crippen LogP contribution in [0.2, 0.25) is 0 Å². The summed E-state index contributed by atoms with van der Waals surface area (Å²) in [4.78, 5) is 24.3. The van der Waals surface area contributed by atoms with E-state index in [-0.39, 0.29) is 24.2 Å². The van der Waals surface area contributed by atoms with Crippen LogP contribution in [0.5, 0.6) is 5.75 Å². The van der Waals surface area contributed by atoms with E-state index in [1.165, 1.54) is 12.1 Å². The summed E-state index contributed by atoms with van der Waals surface area (Å²) in [6.07, 6.45) is 2.42. The van der Waals surface area contributed by atoms with Crippen LogP contribution in [0, 0.1) is 5.82 Å². The lowest BCUT2D eigenvalue weighted by Gasteiger charge is -2.40. The molecule has 2 aromatic carbocycles. The van der Waals surface area contributed by atoms with Crippen molar-refractivity contribution >= 4 is 23.2 Å². The SMILES string of the molecule is O=C1COc2ccc(NC(=O)C3(c4ccc(F)cc4)CCC3)cc2N1. The molecule has 25 heavy (non-hydrogen) atoms. The van der Waals surface area contributed by atoms with Gasteiger partial charge in [0.1, 0.15) is 11.6 Å². The van der Waals surface area contributed by atoms with Crippen LogP contribution in [-0.4, -0.2) is 18.4 Å². The van der Waals surface area contributed by atoms with E-state index in [0.717, 1.165) is 24.8 Å². The van der Waals surface area contributed by atoms with Gasteiger partial charge in [-0.1, -0.05) is 18.6 Å². The van der Waals surface area contributed by atoms with E-state index in [2.05, 4.69) is 10.6 Å². The number of carbonyl (C=O) groups excluding carboxylic acids is 2. The van der Waals surface area contributed by atoms with Gasteiger partial charge in [0.15, 0.2) is 6.61 Å². The van der Waals surface area contributed by atoms with Gasteiger partial charge in [-0.25, -0.2) is 4.39 Å². The number of rotatable bonds is 3. The van der Waals surface area contributed by atoms with E-state index in [0.29, 0.717) is 17.1 Å². The number of fused-ring (bicyclic) bond motifs is 1. The van der Waals surface area contributed by atoms with Crippen molar-refractivity contribution in [3.8, 4) is 5.75 Å². The molecule has 0 spiro atoms. The zero-order chi connectivity index (χ0) is 17.4. The van der Waals surface area contributed by atoms with Gasteiger partial charge in [-0.15, -0.1) is 0 Å². The number of anilines is 2. The summed E-state index contributed by atoms with van der Waals surface area (Å²) < 4.78 is 18.5. The van der Waals surface area contributed by atoms with E-state index in [1.807, 2.05) is 0 Å². The smallest absolute Gasteiger partial charge is 0.262 e. The second kappa shape index (κ2) is 5.88. The van der Waals surface area contributed by atoms with Crippen LogP contribution in [0.25, 0.3) is 0 Å². The fraction of sp³-hybridized carbons (Fsp3) is 0.263. The van der Waals surface area contributed by atoms with Gasteiger partial charge < -0.3 is 15.4 Å². The zero-order valence-electron chi connectivity index (χ0n) is 13.5. The van der Waals surface area contributed by atoms with Crippen LogP contribution in [0.4, 0.5) is 15.8 Å². The molecule has 5 nitrogen and oxygen atoms in total. The Balaban J connectivity index is 1.58. The molecular weight excluding hydrogens is 323 g/mol. The first-order valence-electron chi connectivity index (χ1n) is 8.21. The summed E-state index contributed by atoms with van der Waals surface area (Å²) in [6, 6.07) is 11.3. The Labute approximate surface area is 144 Å². The molecule has 0 radical (unpaired) electrons. The minimum absolute atomic E-state index is 0.00756. The third-order valence-electron chi connectivity index (χ3n) is 4.91. The third kappa shape index (κ3) is 2.73. The van der Waals surface area contributed by atoms with Gasteiger partial charge in [-0.3, -0.25) is 9.59 Å². The number of benzene rings is 2. The monoisotopic (exact) mass is 340 g/mol. The number of ether oxygens (including phenoxy) is 1. The molecule has 1 aliphatic carbocycles. The topological polar surface area (TPSA) is 67.4 Å². The highest BCUT2D eigenvalue weighted by molar-refractivity contribution is 6.01. The summed E-state index contributed by atoms with van der Waals surface area (Å²) >= 11 is 0. The highest BCUT2D eigenvalue weighted by Crippen LogP contribution is 2.45. The Hall–Kier alpha value is -2.89. The number of hydrogen-bond acceptors (Lipinski definition) is 3. The molecule has 6 heteroatoms. The van der Waals surface area contributed by atoms with E-state index < -0.39 is 5.41 Å². The molecule has 128 valence electrons. The average Bonchev–Trinajstić information content (AvgIpc) is 2.55. The first-order chi connectivity index (χ1) is 12.1. The second-order valence-electron chi connectivity index (χ2n) is 6.44. The molecule has 4 rings (SSSR count). The van der Waals surface area contributed by atoms with Gasteiger partial charge in [0.2, 0.25) is 5.91 Å². The van der Waals surface area contributed by atoms with Gasteiger partial charge in [0.05, 0.1) is 11.1 Å². The van der Waals surface area contributed by atoms with E-state index in [4.69, 9.17) is 4.74 Å². The summed E-state index contributed by atoms with van der Waals surface area (Å²) in [6.45, 7) is -0.00756. The normalized spacial score (nSPS) is 17.6. The summed E-state index contributed by atoms with van der Waals surface area (Å²) in [7, 11) is 0. The lowest BCUT2D eigenvalue weighted by Crippen LogP contribution is -2.46. The molecule has 0 atom stereocenters. The zero-order valence-corrected chi connectivity index (χ0v) is 13.5. The third-order valence-corrected chi connectivity index (χ3v) is 4.91. The lowest BCUT2D eigenvalue weighted by molar-refractivity contribution is -0.124. The van der Waals surface area contributed by atoms with Crippen molar-refractivity contribution in [1.82, 2.24) is 0 Å². The summed E-state index contributed by atoms with van der Waals surface area (Å²) in [5.74, 6) is -0.0790. The van der Waals surface area contributed by atoms with Crippen LogP contribution in [0.15, 0.2) is 42.5 Å². The number of halogens is 1. The fourth-order valence-electron chi connectivity index (χ4n) is 3.36. The van der Waals surface area contributed by atoms with Crippen LogP contribution < -0.4 is 15.4 Å². The molecule has 0 saturated heterocycles.